The number of hydrogen-bond donors (Lipinski definition) is 2. The number of carbonyl (C=O) groups excluding carboxylic acids is 1. The fourth-order valence-electron chi connectivity index (χ4n) is 3.56. The number of fused-ring (bicyclic) bond motifs is 1. The number of aromatic nitrogens is 3. The molecule has 3 rings (SSSR count). The van der Waals surface area contributed by atoms with Gasteiger partial charge < -0.3 is 15.4 Å². The third-order valence-corrected chi connectivity index (χ3v) is 5.30. The van der Waals surface area contributed by atoms with E-state index in [0.717, 1.165) is 49.3 Å². The number of anilines is 1. The van der Waals surface area contributed by atoms with Gasteiger partial charge in [-0.15, -0.1) is 0 Å². The molecule has 1 amide bonds. The molecule has 1 unspecified atom stereocenters. The van der Waals surface area contributed by atoms with Crippen molar-refractivity contribution in [2.75, 3.05) is 5.32 Å². The molecule has 154 valence electrons. The van der Waals surface area contributed by atoms with Crippen LogP contribution in [0.25, 0.3) is 5.65 Å². The van der Waals surface area contributed by atoms with E-state index in [9.17, 15) is 4.79 Å². The van der Waals surface area contributed by atoms with Gasteiger partial charge in [0.1, 0.15) is 11.4 Å². The van der Waals surface area contributed by atoms with Crippen LogP contribution < -0.4 is 10.6 Å². The lowest BCUT2D eigenvalue weighted by atomic mass is 9.91. The highest BCUT2D eigenvalue weighted by Gasteiger charge is 2.25. The molecule has 1 saturated carbocycles. The van der Waals surface area contributed by atoms with Crippen LogP contribution >= 0.6 is 0 Å². The average molecular weight is 388 g/mol. The van der Waals surface area contributed by atoms with Crippen LogP contribution in [0.3, 0.4) is 0 Å². The fraction of sp³-hybridized carbons (Fsp3) is 0.667. The Morgan fingerprint density at radius 1 is 1.29 bits per heavy atom. The average Bonchev–Trinajstić information content (AvgIpc) is 3.10. The maximum absolute atomic E-state index is 12.0. The molecular weight excluding hydrogens is 354 g/mol. The van der Waals surface area contributed by atoms with Gasteiger partial charge in [-0.2, -0.15) is 9.61 Å². The van der Waals surface area contributed by atoms with Crippen LogP contribution in [0.1, 0.15) is 78.3 Å². The van der Waals surface area contributed by atoms with Gasteiger partial charge in [0, 0.05) is 29.9 Å². The van der Waals surface area contributed by atoms with Crippen LogP contribution in [0.15, 0.2) is 18.3 Å². The van der Waals surface area contributed by atoms with E-state index < -0.39 is 5.60 Å². The monoisotopic (exact) mass is 387 g/mol. The summed E-state index contributed by atoms with van der Waals surface area (Å²) in [6.07, 6.45) is 6.36. The van der Waals surface area contributed by atoms with Gasteiger partial charge in [0.2, 0.25) is 0 Å². The lowest BCUT2D eigenvalue weighted by Gasteiger charge is -2.31. The molecule has 0 aliphatic heterocycles. The van der Waals surface area contributed by atoms with Crippen molar-refractivity contribution in [1.82, 2.24) is 19.9 Å². The molecule has 0 saturated heterocycles. The Morgan fingerprint density at radius 2 is 1.96 bits per heavy atom. The van der Waals surface area contributed by atoms with Crippen LogP contribution in [-0.2, 0) is 4.74 Å². The molecule has 0 spiro atoms. The molecule has 2 heterocycles. The summed E-state index contributed by atoms with van der Waals surface area (Å²) in [4.78, 5) is 16.7. The molecule has 0 radical (unpaired) electrons. The highest BCUT2D eigenvalue weighted by atomic mass is 16.6. The zero-order valence-electron chi connectivity index (χ0n) is 17.7. The van der Waals surface area contributed by atoms with Crippen molar-refractivity contribution in [1.29, 1.82) is 0 Å². The van der Waals surface area contributed by atoms with Crippen molar-refractivity contribution in [2.24, 2.45) is 0 Å². The molecule has 1 atom stereocenters. The van der Waals surface area contributed by atoms with Gasteiger partial charge in [0.05, 0.1) is 6.20 Å². The molecule has 0 bridgehead atoms. The summed E-state index contributed by atoms with van der Waals surface area (Å²) in [6, 6.07) is 4.60. The maximum Gasteiger partial charge on any atom is 0.407 e. The first-order valence-electron chi connectivity index (χ1n) is 10.4. The van der Waals surface area contributed by atoms with E-state index in [-0.39, 0.29) is 12.1 Å². The number of rotatable bonds is 5. The quantitative estimate of drug-likeness (QED) is 0.790. The van der Waals surface area contributed by atoms with Gasteiger partial charge in [-0.25, -0.2) is 9.78 Å². The number of carbonyl (C=O) groups is 1. The Balaban J connectivity index is 1.60. The highest BCUT2D eigenvalue weighted by Crippen LogP contribution is 2.26. The minimum Gasteiger partial charge on any atom is -0.444 e. The number of nitrogens with one attached hydrogen (secondary N) is 2. The van der Waals surface area contributed by atoms with Crippen LogP contribution in [0.4, 0.5) is 10.6 Å². The predicted octanol–water partition coefficient (Wildman–Crippen LogP) is 4.49. The SMILES string of the molecule is CCC(C)c1cc(N[C@H]2CC[C@H](NC(=O)OC(C)(C)C)CC2)n2nccc2n1. The molecule has 7 heteroatoms. The highest BCUT2D eigenvalue weighted by molar-refractivity contribution is 5.68. The largest absolute Gasteiger partial charge is 0.444 e. The Hall–Kier alpha value is -2.31. The molecule has 1 aliphatic rings. The number of amides is 1. The standard InChI is InChI=1S/C21H33N5O2/c1-6-14(2)17-13-19(26-18(25-17)11-12-22-26)23-15-7-9-16(10-8-15)24-20(27)28-21(3,4)5/h11-16,23H,6-10H2,1-5H3,(H,24,27)/t14?,15-,16-. The number of alkyl carbamates (subject to hydrolysis) is 1. The molecule has 1 aliphatic carbocycles. The second-order valence-electron chi connectivity index (χ2n) is 8.82. The van der Waals surface area contributed by atoms with E-state index in [1.54, 1.807) is 6.20 Å². The molecule has 28 heavy (non-hydrogen) atoms. The molecule has 2 N–H and O–H groups in total. The van der Waals surface area contributed by atoms with Gasteiger partial charge in [0.25, 0.3) is 0 Å². The molecule has 7 nitrogen and oxygen atoms in total. The normalized spacial score (nSPS) is 21.3. The summed E-state index contributed by atoms with van der Waals surface area (Å²) in [5.74, 6) is 1.41. The van der Waals surface area contributed by atoms with Crippen molar-refractivity contribution in [3.63, 3.8) is 0 Å². The molecular formula is C21H33N5O2. The van der Waals surface area contributed by atoms with Crippen molar-refractivity contribution in [3.8, 4) is 0 Å². The lowest BCUT2D eigenvalue weighted by Crippen LogP contribution is -2.42. The number of ether oxygens (including phenoxy) is 1. The molecule has 1 fully saturated rings. The van der Waals surface area contributed by atoms with E-state index in [4.69, 9.17) is 9.72 Å². The first-order valence-corrected chi connectivity index (χ1v) is 10.4. The third kappa shape index (κ3) is 5.14. The zero-order chi connectivity index (χ0) is 20.3. The molecule has 2 aromatic heterocycles. The van der Waals surface area contributed by atoms with Crippen LogP contribution in [0.2, 0.25) is 0 Å². The van der Waals surface area contributed by atoms with Crippen molar-refractivity contribution < 1.29 is 9.53 Å². The van der Waals surface area contributed by atoms with Crippen molar-refractivity contribution >= 4 is 17.6 Å². The topological polar surface area (TPSA) is 80.5 Å². The second kappa shape index (κ2) is 8.37. The summed E-state index contributed by atoms with van der Waals surface area (Å²) < 4.78 is 7.24. The van der Waals surface area contributed by atoms with Crippen LogP contribution in [0, 0.1) is 0 Å². The molecule has 2 aromatic rings. The number of hydrogen-bond acceptors (Lipinski definition) is 5. The minimum atomic E-state index is -0.466. The lowest BCUT2D eigenvalue weighted by molar-refractivity contribution is 0.0492. The molecule has 0 aromatic carbocycles. The van der Waals surface area contributed by atoms with E-state index >= 15 is 0 Å². The summed E-state index contributed by atoms with van der Waals surface area (Å²) >= 11 is 0. The van der Waals surface area contributed by atoms with E-state index in [0.29, 0.717) is 12.0 Å². The van der Waals surface area contributed by atoms with Gasteiger partial charge in [-0.05, 0) is 58.8 Å². The van der Waals surface area contributed by atoms with Gasteiger partial charge in [0.15, 0.2) is 5.65 Å². The Bertz CT molecular complexity index is 803. The van der Waals surface area contributed by atoms with Gasteiger partial charge in [-0.3, -0.25) is 0 Å². The van der Waals surface area contributed by atoms with E-state index in [2.05, 4.69) is 35.6 Å². The van der Waals surface area contributed by atoms with Crippen LogP contribution in [-0.4, -0.2) is 38.4 Å². The summed E-state index contributed by atoms with van der Waals surface area (Å²) in [7, 11) is 0. The van der Waals surface area contributed by atoms with Gasteiger partial charge >= 0.3 is 6.09 Å². The number of nitrogens with zero attached hydrogens (tertiary/aromatic N) is 3. The predicted molar refractivity (Wildman–Crippen MR) is 111 cm³/mol. The Morgan fingerprint density at radius 3 is 2.61 bits per heavy atom. The van der Waals surface area contributed by atoms with Gasteiger partial charge in [-0.1, -0.05) is 13.8 Å². The smallest absolute Gasteiger partial charge is 0.407 e. The third-order valence-electron chi connectivity index (χ3n) is 5.30. The summed E-state index contributed by atoms with van der Waals surface area (Å²) in [6.45, 7) is 10.0. The second-order valence-corrected chi connectivity index (χ2v) is 8.82. The van der Waals surface area contributed by atoms with Crippen LogP contribution in [0.5, 0.6) is 0 Å². The summed E-state index contributed by atoms with van der Waals surface area (Å²) in [5.41, 5.74) is 1.51. The zero-order valence-corrected chi connectivity index (χ0v) is 17.7. The van der Waals surface area contributed by atoms with E-state index in [1.165, 1.54) is 0 Å². The minimum absolute atomic E-state index is 0.172. The first-order chi connectivity index (χ1) is 13.2. The Kier molecular flexibility index (Phi) is 6.10. The Labute approximate surface area is 167 Å². The van der Waals surface area contributed by atoms with Crippen molar-refractivity contribution in [2.45, 2.75) is 90.3 Å². The fourth-order valence-corrected chi connectivity index (χ4v) is 3.56. The summed E-state index contributed by atoms with van der Waals surface area (Å²) in [5, 5.41) is 11.1. The van der Waals surface area contributed by atoms with Crippen molar-refractivity contribution in [3.05, 3.63) is 24.0 Å². The first kappa shape index (κ1) is 20.4. The maximum atomic E-state index is 12.0. The van der Waals surface area contributed by atoms with E-state index in [1.807, 2.05) is 31.4 Å².